The molecule has 0 bridgehead atoms. The van der Waals surface area contributed by atoms with E-state index in [1.54, 1.807) is 0 Å². The minimum Gasteiger partial charge on any atom is -2.00 e. The van der Waals surface area contributed by atoms with Crippen LogP contribution in [0.1, 0.15) is 0 Å². The van der Waals surface area contributed by atoms with Crippen molar-refractivity contribution in [2.45, 2.75) is 0 Å². The van der Waals surface area contributed by atoms with Crippen molar-refractivity contribution < 1.29 is 43.6 Å². The third-order valence-corrected chi connectivity index (χ3v) is 0. The van der Waals surface area contributed by atoms with Crippen molar-refractivity contribution in [3.05, 3.63) is 0 Å². The van der Waals surface area contributed by atoms with Gasteiger partial charge in [-0.25, -0.2) is 0 Å². The van der Waals surface area contributed by atoms with Crippen LogP contribution in [0.5, 0.6) is 0 Å². The van der Waals surface area contributed by atoms with Gasteiger partial charge in [0.15, 0.2) is 0 Å². The maximum Gasteiger partial charge on any atom is 4.00 e. The first-order valence-corrected chi connectivity index (χ1v) is 0. The van der Waals surface area contributed by atoms with Gasteiger partial charge in [-0.2, -0.15) is 0 Å². The van der Waals surface area contributed by atoms with Crippen LogP contribution in [0.25, 0.3) is 0 Å². The molecule has 0 radical (unpaired) electrons. The van der Waals surface area contributed by atoms with Crippen molar-refractivity contribution in [1.29, 1.82) is 0 Å². The van der Waals surface area contributed by atoms with Gasteiger partial charge in [-0.05, 0) is 0 Å². The Morgan fingerprint density at radius 3 is 0.571 bits per heavy atom. The Morgan fingerprint density at radius 1 is 0.571 bits per heavy atom. The van der Waals surface area contributed by atoms with E-state index in [9.17, 15) is 0 Å². The van der Waals surface area contributed by atoms with Crippen LogP contribution in [0.15, 0.2) is 0 Å². The second-order valence-corrected chi connectivity index (χ2v) is 0. The summed E-state index contributed by atoms with van der Waals surface area (Å²) >= 11 is 0. The van der Waals surface area contributed by atoms with Gasteiger partial charge in [0.05, 0.1) is 0 Å². The maximum absolute atomic E-state index is 0. The minimum absolute atomic E-state index is 0. The Bertz CT molecular complexity index is 11.7. The first-order valence-electron chi connectivity index (χ1n) is 0. The largest absolute Gasteiger partial charge is 4.00 e. The summed E-state index contributed by atoms with van der Waals surface area (Å²) in [6.07, 6.45) is 0. The summed E-state index contributed by atoms with van der Waals surface area (Å²) in [6, 6.07) is 0. The van der Waals surface area contributed by atoms with Crippen molar-refractivity contribution in [2.24, 2.45) is 0 Å². The van der Waals surface area contributed by atoms with E-state index in [-0.39, 0.29) is 98.7 Å². The fourth-order valence-electron chi connectivity index (χ4n) is 0. The molecule has 0 amide bonds. The summed E-state index contributed by atoms with van der Waals surface area (Å²) in [4.78, 5) is 0. The molecular formula is AlCaO4Ti+. The van der Waals surface area contributed by atoms with Gasteiger partial charge in [0.2, 0.25) is 0 Å². The predicted octanol–water partition coefficient (Wildman–Crippen LogP) is -1.24. The van der Waals surface area contributed by atoms with Crippen LogP contribution < -0.4 is 0 Å². The van der Waals surface area contributed by atoms with Crippen molar-refractivity contribution in [2.75, 3.05) is 0 Å². The Morgan fingerprint density at radius 2 is 0.571 bits per heavy atom. The van der Waals surface area contributed by atoms with Crippen LogP contribution in [0.2, 0.25) is 0 Å². The predicted molar refractivity (Wildman–Crippen MR) is 14.3 cm³/mol. The standard InChI is InChI=1S/Al.Ca.4O.Ti/q+3;+2;4*-2;+4. The van der Waals surface area contributed by atoms with E-state index in [0.717, 1.165) is 0 Å². The molecule has 32 valence electrons. The molecule has 0 rings (SSSR count). The Balaban J connectivity index is 0. The second-order valence-electron chi connectivity index (χ2n) is 0. The van der Waals surface area contributed by atoms with E-state index >= 15 is 0 Å². The van der Waals surface area contributed by atoms with E-state index in [0.29, 0.717) is 0 Å². The Kier molecular flexibility index (Phi) is 1380. The first-order chi connectivity index (χ1) is 0. The van der Waals surface area contributed by atoms with Gasteiger partial charge in [0.1, 0.15) is 0 Å². The average molecular weight is 179 g/mol. The van der Waals surface area contributed by atoms with Crippen molar-refractivity contribution in [3.63, 3.8) is 0 Å². The molecule has 0 aromatic rings. The maximum atomic E-state index is 0. The molecule has 7 heteroatoms. The quantitative estimate of drug-likeness (QED) is 0.414. The van der Waals surface area contributed by atoms with Crippen LogP contribution in [0, 0.1) is 0 Å². The first kappa shape index (κ1) is 118. The van der Waals surface area contributed by atoms with Gasteiger partial charge in [-0.1, -0.05) is 0 Å². The summed E-state index contributed by atoms with van der Waals surface area (Å²) in [5.41, 5.74) is 0. The molecule has 0 saturated carbocycles. The summed E-state index contributed by atoms with van der Waals surface area (Å²) < 4.78 is 0. The van der Waals surface area contributed by atoms with E-state index in [1.165, 1.54) is 0 Å². The summed E-state index contributed by atoms with van der Waals surface area (Å²) in [5, 5.41) is 0. The van der Waals surface area contributed by atoms with Gasteiger partial charge in [0.25, 0.3) is 0 Å². The molecule has 0 fully saturated rings. The Hall–Kier alpha value is 2.35. The zero-order valence-corrected chi connectivity index (χ0v) is 8.34. The van der Waals surface area contributed by atoms with Gasteiger partial charge in [-0.3, -0.25) is 0 Å². The molecule has 0 heterocycles. The summed E-state index contributed by atoms with van der Waals surface area (Å²) in [6.45, 7) is 0. The minimum atomic E-state index is 0. The molecule has 0 aliphatic rings. The SMILES string of the molecule is [Al+3].[Ca+2].[O-2].[O-2].[O-2].[O-2].[Ti+4]. The molecule has 0 aromatic heterocycles. The van der Waals surface area contributed by atoms with Gasteiger partial charge in [0, 0.05) is 0 Å². The Labute approximate surface area is 97.3 Å². The molecule has 0 unspecified atom stereocenters. The van der Waals surface area contributed by atoms with Crippen LogP contribution in [0.3, 0.4) is 0 Å². The zero-order valence-electron chi connectivity index (χ0n) is 3.42. The molecule has 0 N–H and O–H groups in total. The molecular weight excluding hydrogens is 179 g/mol. The van der Waals surface area contributed by atoms with Gasteiger partial charge < -0.3 is 21.9 Å². The van der Waals surface area contributed by atoms with Crippen molar-refractivity contribution in [1.82, 2.24) is 0 Å². The van der Waals surface area contributed by atoms with Crippen molar-refractivity contribution >= 4 is 55.1 Å². The fraction of sp³-hybridized carbons (Fsp3) is 0. The molecule has 0 aromatic carbocycles. The molecule has 0 aliphatic heterocycles. The molecule has 4 nitrogen and oxygen atoms in total. The van der Waals surface area contributed by atoms with Crippen molar-refractivity contribution in [3.8, 4) is 0 Å². The fourth-order valence-corrected chi connectivity index (χ4v) is 0. The van der Waals surface area contributed by atoms with Crippen LogP contribution in [-0.4, -0.2) is 55.1 Å². The van der Waals surface area contributed by atoms with Crippen LogP contribution in [0.4, 0.5) is 0 Å². The third-order valence-electron chi connectivity index (χ3n) is 0. The molecule has 0 spiro atoms. The number of hydrogen-bond acceptors (Lipinski definition) is 0. The number of hydrogen-bond donors (Lipinski definition) is 0. The molecule has 7 heavy (non-hydrogen) atoms. The topological polar surface area (TPSA) is 114 Å². The smallest absolute Gasteiger partial charge is 2.00 e. The van der Waals surface area contributed by atoms with Crippen LogP contribution in [-0.2, 0) is 43.6 Å². The second kappa shape index (κ2) is 81.8. The monoisotopic (exact) mass is 179 g/mol. The van der Waals surface area contributed by atoms with E-state index in [1.807, 2.05) is 0 Å². The van der Waals surface area contributed by atoms with Crippen LogP contribution >= 0.6 is 0 Å². The third kappa shape index (κ3) is 61.1. The van der Waals surface area contributed by atoms with Gasteiger partial charge in [-0.15, -0.1) is 0 Å². The zero-order chi connectivity index (χ0) is 0. The molecule has 0 saturated heterocycles. The molecule has 0 aliphatic carbocycles. The summed E-state index contributed by atoms with van der Waals surface area (Å²) in [7, 11) is 0. The van der Waals surface area contributed by atoms with Gasteiger partial charge >= 0.3 is 76.8 Å². The average Bonchev–Trinajstić information content (AvgIpc) is 0. The van der Waals surface area contributed by atoms with E-state index < -0.39 is 0 Å². The molecule has 0 atom stereocenters. The normalized spacial score (nSPS) is 0. The van der Waals surface area contributed by atoms with E-state index in [4.69, 9.17) is 0 Å². The summed E-state index contributed by atoms with van der Waals surface area (Å²) in [5.74, 6) is 0. The number of rotatable bonds is 0. The van der Waals surface area contributed by atoms with E-state index in [2.05, 4.69) is 0 Å².